The average molecular weight is 632 g/mol. The third-order valence-corrected chi connectivity index (χ3v) is 7.13. The van der Waals surface area contributed by atoms with E-state index in [9.17, 15) is 0 Å². The molecule has 6 N–H and O–H groups in total. The highest BCUT2D eigenvalue weighted by atomic mass is 16.5. The second-order valence-corrected chi connectivity index (χ2v) is 10.7. The van der Waals surface area contributed by atoms with Crippen LogP contribution in [0, 0.1) is 6.92 Å². The summed E-state index contributed by atoms with van der Waals surface area (Å²) < 4.78 is 5.36. The molecule has 0 bridgehead atoms. The number of hydrogen-bond donors (Lipinski definition) is 4. The van der Waals surface area contributed by atoms with Crippen LogP contribution in [0.5, 0.6) is 0 Å². The maximum Gasteiger partial charge on any atom is 0.0694 e. The molecule has 0 unspecified atom stereocenters. The molecule has 0 saturated heterocycles. The first-order chi connectivity index (χ1) is 22.5. The maximum atomic E-state index is 5.87. The fourth-order valence-corrected chi connectivity index (χ4v) is 4.37. The summed E-state index contributed by atoms with van der Waals surface area (Å²) in [7, 11) is 1.93. The molecule has 6 heteroatoms. The van der Waals surface area contributed by atoms with E-state index >= 15 is 0 Å². The summed E-state index contributed by atoms with van der Waals surface area (Å²) >= 11 is 0. The Morgan fingerprint density at radius 1 is 0.913 bits per heavy atom. The quantitative estimate of drug-likeness (QED) is 0.118. The molecule has 3 aromatic rings. The largest absolute Gasteiger partial charge is 0.405 e. The SMILES string of the molecule is C/C=C(/CN)c1cc(-c2cccc(NCCCCC)c2)cnc1C.CC.CCCOC/C(=C/N)CCNC.CCc1ccccc1. The van der Waals surface area contributed by atoms with Crippen LogP contribution in [-0.2, 0) is 11.2 Å². The van der Waals surface area contributed by atoms with Crippen LogP contribution in [-0.4, -0.2) is 44.9 Å². The molecule has 6 nitrogen and oxygen atoms in total. The zero-order valence-electron chi connectivity index (χ0n) is 30.3. The first-order valence-electron chi connectivity index (χ1n) is 17.3. The number of pyridine rings is 1. The van der Waals surface area contributed by atoms with Crippen molar-refractivity contribution in [3.63, 3.8) is 0 Å². The minimum atomic E-state index is 0.529. The molecule has 0 spiro atoms. The summed E-state index contributed by atoms with van der Waals surface area (Å²) in [6.45, 7) is 18.5. The van der Waals surface area contributed by atoms with E-state index in [1.807, 2.05) is 47.0 Å². The van der Waals surface area contributed by atoms with Crippen LogP contribution in [0.3, 0.4) is 0 Å². The van der Waals surface area contributed by atoms with Crippen molar-refractivity contribution in [3.8, 4) is 11.1 Å². The first kappa shape index (κ1) is 42.6. The fourth-order valence-electron chi connectivity index (χ4n) is 4.37. The second kappa shape index (κ2) is 29.0. The summed E-state index contributed by atoms with van der Waals surface area (Å²) in [6.07, 6.45) is 12.5. The number of anilines is 1. The van der Waals surface area contributed by atoms with Gasteiger partial charge in [-0.25, -0.2) is 0 Å². The first-order valence-corrected chi connectivity index (χ1v) is 17.3. The highest BCUT2D eigenvalue weighted by Gasteiger charge is 2.08. The molecule has 256 valence electrons. The summed E-state index contributed by atoms with van der Waals surface area (Å²) in [5, 5.41) is 6.58. The number of aryl methyl sites for hydroxylation is 2. The van der Waals surface area contributed by atoms with Crippen molar-refractivity contribution in [2.45, 2.75) is 87.0 Å². The molecule has 0 atom stereocenters. The van der Waals surface area contributed by atoms with Gasteiger partial charge in [0, 0.05) is 48.4 Å². The molecular formula is C40H65N5O. The molecule has 46 heavy (non-hydrogen) atoms. The van der Waals surface area contributed by atoms with Gasteiger partial charge in [-0.15, -0.1) is 0 Å². The number of rotatable bonds is 16. The molecule has 0 aliphatic rings. The van der Waals surface area contributed by atoms with Crippen LogP contribution in [0.1, 0.15) is 90.5 Å². The van der Waals surface area contributed by atoms with Crippen LogP contribution in [0.4, 0.5) is 5.69 Å². The summed E-state index contributed by atoms with van der Waals surface area (Å²) in [5.74, 6) is 0. The van der Waals surface area contributed by atoms with Gasteiger partial charge < -0.3 is 26.8 Å². The standard InChI is InChI=1S/C21H29N3.C9H20N2O.C8H10.C2H6/c1-4-6-7-11-23-20-10-8-9-18(12-20)19-13-21(16(3)24-15-19)17(5-2)14-22;1-3-6-12-8-9(7-10)4-5-11-2;1-2-8-6-4-3-5-7-8;1-2/h5,8-10,12-13,15,23H,4,6-7,11,14,22H2,1-3H3;7,11H,3-6,8,10H2,1-2H3;3-7H,2H2,1H3;1-2H3/b17-5-;9-7+;;. The van der Waals surface area contributed by atoms with E-state index in [4.69, 9.17) is 16.2 Å². The number of nitrogens with two attached hydrogens (primary N) is 2. The van der Waals surface area contributed by atoms with Crippen LogP contribution < -0.4 is 22.1 Å². The van der Waals surface area contributed by atoms with Crippen LogP contribution in [0.25, 0.3) is 16.7 Å². The lowest BCUT2D eigenvalue weighted by molar-refractivity contribution is 0.154. The Morgan fingerprint density at radius 2 is 1.65 bits per heavy atom. The number of benzene rings is 2. The van der Waals surface area contributed by atoms with Crippen LogP contribution in [0.2, 0.25) is 0 Å². The lowest BCUT2D eigenvalue weighted by Gasteiger charge is -2.12. The Bertz CT molecular complexity index is 1210. The van der Waals surface area contributed by atoms with Gasteiger partial charge in [-0.05, 0) is 99.8 Å². The number of unbranched alkanes of at least 4 members (excludes halogenated alkanes) is 2. The predicted octanol–water partition coefficient (Wildman–Crippen LogP) is 9.16. The smallest absolute Gasteiger partial charge is 0.0694 e. The third kappa shape index (κ3) is 18.5. The van der Waals surface area contributed by atoms with Gasteiger partial charge in [0.1, 0.15) is 0 Å². The number of hydrogen-bond acceptors (Lipinski definition) is 6. The molecule has 1 heterocycles. The number of ether oxygens (including phenoxy) is 1. The Labute approximate surface area is 282 Å². The van der Waals surface area contributed by atoms with Gasteiger partial charge >= 0.3 is 0 Å². The molecule has 0 radical (unpaired) electrons. The number of nitrogens with zero attached hydrogens (tertiary/aromatic N) is 1. The molecule has 1 aromatic heterocycles. The zero-order chi connectivity index (χ0) is 34.4. The highest BCUT2D eigenvalue weighted by Crippen LogP contribution is 2.26. The van der Waals surface area contributed by atoms with E-state index < -0.39 is 0 Å². The molecule has 3 rings (SSSR count). The molecule has 0 saturated carbocycles. The Kier molecular flexibility index (Phi) is 26.8. The minimum Gasteiger partial charge on any atom is -0.405 e. The van der Waals surface area contributed by atoms with Gasteiger partial charge in [-0.2, -0.15) is 0 Å². The Morgan fingerprint density at radius 3 is 2.22 bits per heavy atom. The van der Waals surface area contributed by atoms with Crippen molar-refractivity contribution in [1.29, 1.82) is 0 Å². The monoisotopic (exact) mass is 632 g/mol. The van der Waals surface area contributed by atoms with Gasteiger partial charge in [0.05, 0.1) is 6.61 Å². The topological polar surface area (TPSA) is 98.2 Å². The fraction of sp³-hybridized carbons (Fsp3) is 0.475. The van der Waals surface area contributed by atoms with Gasteiger partial charge in [0.2, 0.25) is 0 Å². The van der Waals surface area contributed by atoms with Crippen molar-refractivity contribution in [1.82, 2.24) is 10.3 Å². The van der Waals surface area contributed by atoms with Crippen molar-refractivity contribution in [2.24, 2.45) is 11.5 Å². The molecule has 2 aromatic carbocycles. The lowest BCUT2D eigenvalue weighted by atomic mass is 9.99. The molecule has 0 aliphatic heterocycles. The normalized spacial score (nSPS) is 10.9. The van der Waals surface area contributed by atoms with Crippen molar-refractivity contribution >= 4 is 11.3 Å². The number of aromatic nitrogens is 1. The summed E-state index contributed by atoms with van der Waals surface area (Å²) in [6, 6.07) is 21.2. The minimum absolute atomic E-state index is 0.529. The van der Waals surface area contributed by atoms with Crippen LogP contribution >= 0.6 is 0 Å². The van der Waals surface area contributed by atoms with Gasteiger partial charge in [0.15, 0.2) is 0 Å². The Hall–Kier alpha value is -3.45. The van der Waals surface area contributed by atoms with Gasteiger partial charge in [-0.3, -0.25) is 4.98 Å². The van der Waals surface area contributed by atoms with E-state index in [0.29, 0.717) is 13.2 Å². The van der Waals surface area contributed by atoms with E-state index in [2.05, 4.69) is 97.1 Å². The Balaban J connectivity index is 0.000000762. The van der Waals surface area contributed by atoms with Crippen molar-refractivity contribution in [2.75, 3.05) is 45.2 Å². The van der Waals surface area contributed by atoms with E-state index in [1.54, 1.807) is 6.20 Å². The molecular weight excluding hydrogens is 566 g/mol. The van der Waals surface area contributed by atoms with Gasteiger partial charge in [-0.1, -0.05) is 96.0 Å². The molecule has 0 amide bonds. The van der Waals surface area contributed by atoms with E-state index in [-0.39, 0.29) is 0 Å². The van der Waals surface area contributed by atoms with E-state index in [0.717, 1.165) is 72.6 Å². The zero-order valence-corrected chi connectivity index (χ0v) is 30.3. The van der Waals surface area contributed by atoms with Gasteiger partial charge in [0.25, 0.3) is 0 Å². The highest BCUT2D eigenvalue weighted by molar-refractivity contribution is 5.75. The predicted molar refractivity (Wildman–Crippen MR) is 204 cm³/mol. The third-order valence-electron chi connectivity index (χ3n) is 7.13. The lowest BCUT2D eigenvalue weighted by Crippen LogP contribution is -2.11. The second-order valence-electron chi connectivity index (χ2n) is 10.7. The summed E-state index contributed by atoms with van der Waals surface area (Å²) in [4.78, 5) is 4.57. The van der Waals surface area contributed by atoms with Crippen molar-refractivity contribution in [3.05, 3.63) is 102 Å². The average Bonchev–Trinajstić information content (AvgIpc) is 3.11. The molecule has 0 aliphatic carbocycles. The number of nitrogens with one attached hydrogen (secondary N) is 2. The van der Waals surface area contributed by atoms with E-state index in [1.165, 1.54) is 30.4 Å². The maximum absolute atomic E-state index is 5.87. The summed E-state index contributed by atoms with van der Waals surface area (Å²) in [5.41, 5.74) is 20.6. The van der Waals surface area contributed by atoms with Crippen LogP contribution in [0.15, 0.2) is 84.7 Å². The number of allylic oxidation sites excluding steroid dienone is 1. The molecule has 0 fully saturated rings. The van der Waals surface area contributed by atoms with Crippen molar-refractivity contribution < 1.29 is 4.74 Å².